The number of carbonyl (C=O) groups excluding carboxylic acids is 2. The second-order valence-electron chi connectivity index (χ2n) is 7.75. The molecule has 2 amide bonds. The molecule has 1 aliphatic heterocycles. The lowest BCUT2D eigenvalue weighted by atomic mass is 9.75. The Labute approximate surface area is 176 Å². The molecule has 3 N–H and O–H groups in total. The molecule has 7 nitrogen and oxygen atoms in total. The third-order valence-electron chi connectivity index (χ3n) is 4.90. The fraction of sp³-hybridized carbons (Fsp3) is 0.318. The predicted molar refractivity (Wildman–Crippen MR) is 117 cm³/mol. The van der Waals surface area contributed by atoms with E-state index < -0.39 is 19.0 Å². The van der Waals surface area contributed by atoms with Crippen molar-refractivity contribution in [2.24, 2.45) is 10.9 Å². The van der Waals surface area contributed by atoms with Crippen LogP contribution in [-0.4, -0.2) is 53.7 Å². The number of anilines is 1. The van der Waals surface area contributed by atoms with E-state index in [1.165, 1.54) is 4.90 Å². The summed E-state index contributed by atoms with van der Waals surface area (Å²) in [5.74, 6) is -1.39. The number of fused-ring (bicyclic) bond motifs is 1. The highest BCUT2D eigenvalue weighted by molar-refractivity contribution is 6.43. The van der Waals surface area contributed by atoms with Gasteiger partial charge in [0.05, 0.1) is 17.3 Å². The smallest absolute Gasteiger partial charge is 0.426 e. The van der Waals surface area contributed by atoms with Crippen LogP contribution in [0.25, 0.3) is 0 Å². The van der Waals surface area contributed by atoms with E-state index in [0.717, 1.165) is 11.1 Å². The minimum Gasteiger partial charge on any atom is -0.426 e. The first-order valence-electron chi connectivity index (χ1n) is 10.0. The summed E-state index contributed by atoms with van der Waals surface area (Å²) in [5, 5.41) is 21.8. The second kappa shape index (κ2) is 9.69. The highest BCUT2D eigenvalue weighted by Crippen LogP contribution is 2.26. The fourth-order valence-electron chi connectivity index (χ4n) is 3.54. The Morgan fingerprint density at radius 1 is 1.13 bits per heavy atom. The molecule has 0 spiro atoms. The maximum atomic E-state index is 12.8. The lowest BCUT2D eigenvalue weighted by Crippen LogP contribution is -2.51. The number of carbonyl (C=O) groups is 2. The summed E-state index contributed by atoms with van der Waals surface area (Å²) in [7, 11) is -1.67. The van der Waals surface area contributed by atoms with Crippen LogP contribution in [0, 0.1) is 5.92 Å². The largest absolute Gasteiger partial charge is 0.475 e. The molecule has 0 bridgehead atoms. The molecule has 0 radical (unpaired) electrons. The molecular weight excluding hydrogens is 381 g/mol. The standard InChI is InChI=1S/C22H26BN3O4/c1-15(2)12-19(23(29)30)25-20(27)14-26-18-11-7-6-10-17(18)22(24-13-21(26)28)16-8-4-3-5-9-16/h3-11,15,19,29-30H,12-14H2,1-2H3,(H,25,27)/t19-/m0/s1. The molecule has 0 fully saturated rings. The molecule has 0 saturated heterocycles. The zero-order valence-electron chi connectivity index (χ0n) is 17.2. The molecule has 2 aromatic carbocycles. The van der Waals surface area contributed by atoms with Crippen molar-refractivity contribution < 1.29 is 19.6 Å². The molecule has 0 aliphatic carbocycles. The number of benzodiazepines with no additional fused rings is 1. The normalized spacial score (nSPS) is 14.6. The Morgan fingerprint density at radius 2 is 1.80 bits per heavy atom. The van der Waals surface area contributed by atoms with E-state index in [-0.39, 0.29) is 24.9 Å². The maximum Gasteiger partial charge on any atom is 0.475 e. The number of rotatable bonds is 7. The third kappa shape index (κ3) is 5.14. The van der Waals surface area contributed by atoms with Gasteiger partial charge in [-0.2, -0.15) is 0 Å². The van der Waals surface area contributed by atoms with Crippen molar-refractivity contribution in [2.45, 2.75) is 26.2 Å². The van der Waals surface area contributed by atoms with Gasteiger partial charge in [0.2, 0.25) is 11.8 Å². The van der Waals surface area contributed by atoms with Gasteiger partial charge in [0.15, 0.2) is 0 Å². The van der Waals surface area contributed by atoms with Crippen molar-refractivity contribution in [2.75, 3.05) is 18.0 Å². The third-order valence-corrected chi connectivity index (χ3v) is 4.90. The van der Waals surface area contributed by atoms with Crippen molar-refractivity contribution in [3.05, 3.63) is 65.7 Å². The average Bonchev–Trinajstić information content (AvgIpc) is 2.85. The Kier molecular flexibility index (Phi) is 7.02. The Balaban J connectivity index is 1.86. The topological polar surface area (TPSA) is 102 Å². The second-order valence-corrected chi connectivity index (χ2v) is 7.75. The van der Waals surface area contributed by atoms with Gasteiger partial charge >= 0.3 is 7.12 Å². The summed E-state index contributed by atoms with van der Waals surface area (Å²) in [4.78, 5) is 31.4. The molecule has 0 saturated carbocycles. The van der Waals surface area contributed by atoms with E-state index in [4.69, 9.17) is 0 Å². The molecule has 8 heteroatoms. The SMILES string of the molecule is CC(C)C[C@H](NC(=O)CN1C(=O)CN=C(c2ccccc2)c2ccccc21)B(O)O. The molecule has 30 heavy (non-hydrogen) atoms. The number of nitrogens with zero attached hydrogens (tertiary/aromatic N) is 2. The lowest BCUT2D eigenvalue weighted by molar-refractivity contribution is -0.123. The Morgan fingerprint density at radius 3 is 2.47 bits per heavy atom. The van der Waals surface area contributed by atoms with Crippen LogP contribution >= 0.6 is 0 Å². The van der Waals surface area contributed by atoms with Crippen LogP contribution in [0.5, 0.6) is 0 Å². The zero-order valence-corrected chi connectivity index (χ0v) is 17.2. The van der Waals surface area contributed by atoms with E-state index in [1.54, 1.807) is 6.07 Å². The van der Waals surface area contributed by atoms with E-state index in [2.05, 4.69) is 10.3 Å². The summed E-state index contributed by atoms with van der Waals surface area (Å²) >= 11 is 0. The van der Waals surface area contributed by atoms with Crippen LogP contribution in [0.1, 0.15) is 31.4 Å². The van der Waals surface area contributed by atoms with Crippen LogP contribution in [0.3, 0.4) is 0 Å². The molecule has 1 atom stereocenters. The van der Waals surface area contributed by atoms with Crippen LogP contribution in [0.4, 0.5) is 5.69 Å². The number of aliphatic imine (C=N–C) groups is 1. The highest BCUT2D eigenvalue weighted by atomic mass is 16.4. The first kappa shape index (κ1) is 21.7. The van der Waals surface area contributed by atoms with Crippen LogP contribution in [0.2, 0.25) is 0 Å². The minimum atomic E-state index is -1.67. The fourth-order valence-corrected chi connectivity index (χ4v) is 3.54. The molecule has 1 heterocycles. The van der Waals surface area contributed by atoms with Gasteiger partial charge in [-0.05, 0) is 18.4 Å². The molecule has 0 aromatic heterocycles. The van der Waals surface area contributed by atoms with Gasteiger partial charge in [-0.25, -0.2) is 0 Å². The summed E-state index contributed by atoms with van der Waals surface area (Å²) < 4.78 is 0. The van der Waals surface area contributed by atoms with E-state index >= 15 is 0 Å². The van der Waals surface area contributed by atoms with E-state index in [1.807, 2.05) is 62.4 Å². The van der Waals surface area contributed by atoms with Gasteiger partial charge in [0.25, 0.3) is 0 Å². The molecule has 156 valence electrons. The van der Waals surface area contributed by atoms with E-state index in [0.29, 0.717) is 17.8 Å². The first-order chi connectivity index (χ1) is 14.4. The minimum absolute atomic E-state index is 0.0791. The van der Waals surface area contributed by atoms with Crippen molar-refractivity contribution in [1.29, 1.82) is 0 Å². The summed E-state index contributed by atoms with van der Waals surface area (Å²) in [6.45, 7) is 3.55. The van der Waals surface area contributed by atoms with Crippen LogP contribution < -0.4 is 10.2 Å². The number of benzene rings is 2. The Bertz CT molecular complexity index is 931. The lowest BCUT2D eigenvalue weighted by Gasteiger charge is -2.25. The van der Waals surface area contributed by atoms with Crippen molar-refractivity contribution in [3.8, 4) is 0 Å². The van der Waals surface area contributed by atoms with Gasteiger partial charge in [-0.1, -0.05) is 62.4 Å². The van der Waals surface area contributed by atoms with Crippen LogP contribution in [-0.2, 0) is 9.59 Å². The quantitative estimate of drug-likeness (QED) is 0.604. The first-order valence-corrected chi connectivity index (χ1v) is 10.0. The molecule has 0 unspecified atom stereocenters. The predicted octanol–water partition coefficient (Wildman–Crippen LogP) is 1.41. The van der Waals surface area contributed by atoms with Crippen molar-refractivity contribution >= 4 is 30.3 Å². The maximum absolute atomic E-state index is 12.8. The van der Waals surface area contributed by atoms with Gasteiger partial charge in [-0.15, -0.1) is 0 Å². The summed E-state index contributed by atoms with van der Waals surface area (Å²) in [6.07, 6.45) is 0.412. The number of hydrogen-bond acceptors (Lipinski definition) is 5. The van der Waals surface area contributed by atoms with E-state index in [9.17, 15) is 19.6 Å². The monoisotopic (exact) mass is 407 g/mol. The number of hydrogen-bond donors (Lipinski definition) is 3. The van der Waals surface area contributed by atoms with Gasteiger partial charge in [-0.3, -0.25) is 14.6 Å². The highest BCUT2D eigenvalue weighted by Gasteiger charge is 2.30. The van der Waals surface area contributed by atoms with Gasteiger partial charge in [0, 0.05) is 11.1 Å². The molecular formula is C22H26BN3O4. The number of para-hydroxylation sites is 1. The molecule has 1 aliphatic rings. The summed E-state index contributed by atoms with van der Waals surface area (Å²) in [6, 6.07) is 16.9. The zero-order chi connectivity index (χ0) is 21.7. The van der Waals surface area contributed by atoms with Crippen LogP contribution in [0.15, 0.2) is 59.6 Å². The number of nitrogens with one attached hydrogen (secondary N) is 1. The Hall–Kier alpha value is -2.97. The molecule has 3 rings (SSSR count). The number of amides is 2. The average molecular weight is 407 g/mol. The van der Waals surface area contributed by atoms with Crippen molar-refractivity contribution in [1.82, 2.24) is 5.32 Å². The van der Waals surface area contributed by atoms with Gasteiger partial charge in [0.1, 0.15) is 13.1 Å². The van der Waals surface area contributed by atoms with Crippen molar-refractivity contribution in [3.63, 3.8) is 0 Å². The molecule has 2 aromatic rings. The summed E-state index contributed by atoms with van der Waals surface area (Å²) in [5.41, 5.74) is 2.96. The van der Waals surface area contributed by atoms with Gasteiger partial charge < -0.3 is 20.3 Å².